The fourth-order valence-electron chi connectivity index (χ4n) is 1.91. The lowest BCUT2D eigenvalue weighted by Crippen LogP contribution is -2.39. The summed E-state index contributed by atoms with van der Waals surface area (Å²) in [6.45, 7) is 8.55. The predicted octanol–water partition coefficient (Wildman–Crippen LogP) is 1.35. The molecule has 0 unspecified atom stereocenters. The van der Waals surface area contributed by atoms with E-state index in [0.717, 1.165) is 38.4 Å². The fraction of sp³-hybridized carbons (Fsp3) is 0.688. The zero-order valence-corrected chi connectivity index (χ0v) is 15.1. The number of hydrogen-bond acceptors (Lipinski definition) is 4. The van der Waals surface area contributed by atoms with E-state index >= 15 is 0 Å². The molecule has 1 heterocycles. The number of carbonyl (C=O) groups excluding carboxylic acids is 1. The summed E-state index contributed by atoms with van der Waals surface area (Å²) >= 11 is 0. The fourth-order valence-corrected chi connectivity index (χ4v) is 1.91. The van der Waals surface area contributed by atoms with E-state index in [1.54, 1.807) is 13.2 Å². The Morgan fingerprint density at radius 3 is 2.42 bits per heavy atom. The summed E-state index contributed by atoms with van der Waals surface area (Å²) in [7, 11) is 1.74. The first-order valence-corrected chi connectivity index (χ1v) is 8.28. The van der Waals surface area contributed by atoms with E-state index in [2.05, 4.69) is 25.9 Å². The van der Waals surface area contributed by atoms with Gasteiger partial charge in [-0.2, -0.15) is 0 Å². The Morgan fingerprint density at radius 2 is 1.83 bits per heavy atom. The molecule has 0 aromatic carbocycles. The molecule has 8 heteroatoms. The molecular weight excluding hydrogens is 308 g/mol. The minimum atomic E-state index is -0.467. The molecule has 0 spiro atoms. The van der Waals surface area contributed by atoms with Gasteiger partial charge in [-0.3, -0.25) is 4.99 Å². The maximum Gasteiger partial charge on any atom is 0.407 e. The molecule has 1 rings (SSSR count). The van der Waals surface area contributed by atoms with Crippen LogP contribution in [0.2, 0.25) is 0 Å². The van der Waals surface area contributed by atoms with Crippen LogP contribution in [0.1, 0.15) is 33.6 Å². The number of imidazole rings is 1. The van der Waals surface area contributed by atoms with Gasteiger partial charge in [0, 0.05) is 45.6 Å². The molecule has 0 aliphatic carbocycles. The van der Waals surface area contributed by atoms with Gasteiger partial charge in [0.1, 0.15) is 5.60 Å². The molecule has 0 bridgehead atoms. The van der Waals surface area contributed by atoms with Crippen molar-refractivity contribution in [1.82, 2.24) is 25.5 Å². The van der Waals surface area contributed by atoms with Crippen LogP contribution in [0.15, 0.2) is 23.7 Å². The molecule has 136 valence electrons. The summed E-state index contributed by atoms with van der Waals surface area (Å²) in [6.07, 6.45) is 6.92. The molecule has 8 nitrogen and oxygen atoms in total. The third kappa shape index (κ3) is 9.70. The topological polar surface area (TPSA) is 92.6 Å². The molecule has 1 aromatic heterocycles. The van der Waals surface area contributed by atoms with Crippen LogP contribution >= 0.6 is 0 Å². The first kappa shape index (κ1) is 19.8. The van der Waals surface area contributed by atoms with Crippen molar-refractivity contribution in [1.29, 1.82) is 0 Å². The molecule has 0 radical (unpaired) electrons. The Morgan fingerprint density at radius 1 is 1.17 bits per heavy atom. The molecule has 24 heavy (non-hydrogen) atoms. The van der Waals surface area contributed by atoms with E-state index < -0.39 is 5.60 Å². The lowest BCUT2D eigenvalue weighted by molar-refractivity contribution is 0.0527. The van der Waals surface area contributed by atoms with Crippen LogP contribution < -0.4 is 16.0 Å². The summed E-state index contributed by atoms with van der Waals surface area (Å²) in [5.41, 5.74) is -0.467. The Bertz CT molecular complexity index is 493. The van der Waals surface area contributed by atoms with E-state index in [4.69, 9.17) is 4.74 Å². The number of aliphatic imine (C=N–C) groups is 1. The maximum atomic E-state index is 11.5. The average molecular weight is 338 g/mol. The van der Waals surface area contributed by atoms with Gasteiger partial charge in [-0.15, -0.1) is 0 Å². The second-order valence-corrected chi connectivity index (χ2v) is 6.36. The zero-order chi connectivity index (χ0) is 17.8. The van der Waals surface area contributed by atoms with Crippen molar-refractivity contribution in [2.75, 3.05) is 26.7 Å². The molecule has 1 amide bonds. The van der Waals surface area contributed by atoms with E-state index in [1.807, 2.05) is 37.9 Å². The van der Waals surface area contributed by atoms with Crippen LogP contribution in [0.4, 0.5) is 4.79 Å². The van der Waals surface area contributed by atoms with Gasteiger partial charge >= 0.3 is 6.09 Å². The Balaban J connectivity index is 2.04. The summed E-state index contributed by atoms with van der Waals surface area (Å²) in [5, 5.41) is 9.20. The minimum Gasteiger partial charge on any atom is -0.444 e. The summed E-state index contributed by atoms with van der Waals surface area (Å²) in [4.78, 5) is 19.7. The number of nitrogens with zero attached hydrogens (tertiary/aromatic N) is 3. The number of hydrogen-bond donors (Lipinski definition) is 3. The number of guanidine groups is 1. The highest BCUT2D eigenvalue weighted by Crippen LogP contribution is 2.06. The Labute approximate surface area is 144 Å². The van der Waals surface area contributed by atoms with E-state index in [-0.39, 0.29) is 6.09 Å². The standard InChI is InChI=1S/C16H30N6O2/c1-16(2,3)24-15(23)21-8-5-7-19-14(17-4)20-9-6-11-22-12-10-18-13-22/h10,12-13H,5-9,11H2,1-4H3,(H,21,23)(H2,17,19,20). The number of nitrogens with one attached hydrogen (secondary N) is 3. The van der Waals surface area contributed by atoms with Gasteiger partial charge in [-0.05, 0) is 33.6 Å². The van der Waals surface area contributed by atoms with Gasteiger partial charge in [-0.1, -0.05) is 0 Å². The molecular formula is C16H30N6O2. The van der Waals surface area contributed by atoms with Crippen molar-refractivity contribution >= 4 is 12.1 Å². The van der Waals surface area contributed by atoms with Gasteiger partial charge < -0.3 is 25.3 Å². The SMILES string of the molecule is CN=C(NCCCNC(=O)OC(C)(C)C)NCCCn1ccnc1. The number of amides is 1. The van der Waals surface area contributed by atoms with Gasteiger partial charge in [0.2, 0.25) is 0 Å². The predicted molar refractivity (Wildman–Crippen MR) is 95.1 cm³/mol. The van der Waals surface area contributed by atoms with Crippen molar-refractivity contribution < 1.29 is 9.53 Å². The highest BCUT2D eigenvalue weighted by Gasteiger charge is 2.15. The number of rotatable bonds is 8. The molecule has 0 saturated heterocycles. The number of ether oxygens (including phenoxy) is 1. The monoisotopic (exact) mass is 338 g/mol. The zero-order valence-electron chi connectivity index (χ0n) is 15.1. The normalized spacial score (nSPS) is 11.9. The van der Waals surface area contributed by atoms with Crippen molar-refractivity contribution in [2.24, 2.45) is 4.99 Å². The highest BCUT2D eigenvalue weighted by atomic mass is 16.6. The molecule has 0 aliphatic heterocycles. The number of carbonyl (C=O) groups is 1. The molecule has 0 aliphatic rings. The van der Waals surface area contributed by atoms with Crippen LogP contribution in [0.5, 0.6) is 0 Å². The van der Waals surface area contributed by atoms with Gasteiger partial charge in [-0.25, -0.2) is 9.78 Å². The lowest BCUT2D eigenvalue weighted by atomic mass is 10.2. The Kier molecular flexibility index (Phi) is 8.67. The maximum absolute atomic E-state index is 11.5. The van der Waals surface area contributed by atoms with Crippen molar-refractivity contribution in [3.8, 4) is 0 Å². The smallest absolute Gasteiger partial charge is 0.407 e. The van der Waals surface area contributed by atoms with Crippen LogP contribution in [0.25, 0.3) is 0 Å². The summed E-state index contributed by atoms with van der Waals surface area (Å²) in [6, 6.07) is 0. The molecule has 0 fully saturated rings. The molecule has 3 N–H and O–H groups in total. The van der Waals surface area contributed by atoms with Crippen molar-refractivity contribution in [2.45, 2.75) is 45.8 Å². The van der Waals surface area contributed by atoms with Crippen LogP contribution in [0.3, 0.4) is 0 Å². The van der Waals surface area contributed by atoms with Gasteiger partial charge in [0.15, 0.2) is 5.96 Å². The second-order valence-electron chi connectivity index (χ2n) is 6.36. The molecule has 0 atom stereocenters. The van der Waals surface area contributed by atoms with Crippen molar-refractivity contribution in [3.05, 3.63) is 18.7 Å². The molecule has 0 saturated carbocycles. The van der Waals surface area contributed by atoms with Gasteiger partial charge in [0.05, 0.1) is 6.33 Å². The number of alkyl carbamates (subject to hydrolysis) is 1. The summed E-state index contributed by atoms with van der Waals surface area (Å²) < 4.78 is 7.21. The third-order valence-electron chi connectivity index (χ3n) is 2.98. The number of aromatic nitrogens is 2. The van der Waals surface area contributed by atoms with Crippen LogP contribution in [0, 0.1) is 0 Å². The largest absolute Gasteiger partial charge is 0.444 e. The number of aryl methyl sites for hydroxylation is 1. The first-order chi connectivity index (χ1) is 11.4. The van der Waals surface area contributed by atoms with Crippen LogP contribution in [-0.4, -0.2) is 53.9 Å². The average Bonchev–Trinajstić information content (AvgIpc) is 3.00. The van der Waals surface area contributed by atoms with E-state index in [1.165, 1.54) is 0 Å². The van der Waals surface area contributed by atoms with Crippen LogP contribution in [-0.2, 0) is 11.3 Å². The highest BCUT2D eigenvalue weighted by molar-refractivity contribution is 5.79. The minimum absolute atomic E-state index is 0.385. The third-order valence-corrected chi connectivity index (χ3v) is 2.98. The van der Waals surface area contributed by atoms with Crippen molar-refractivity contribution in [3.63, 3.8) is 0 Å². The van der Waals surface area contributed by atoms with E-state index in [0.29, 0.717) is 6.54 Å². The van der Waals surface area contributed by atoms with Gasteiger partial charge in [0.25, 0.3) is 0 Å². The first-order valence-electron chi connectivity index (χ1n) is 8.28. The van der Waals surface area contributed by atoms with E-state index in [9.17, 15) is 4.79 Å². The summed E-state index contributed by atoms with van der Waals surface area (Å²) in [5.74, 6) is 0.762. The lowest BCUT2D eigenvalue weighted by Gasteiger charge is -2.19. The Hall–Kier alpha value is -2.25. The quantitative estimate of drug-likeness (QED) is 0.378. The molecule has 1 aromatic rings. The second kappa shape index (κ2) is 10.5.